The quantitative estimate of drug-likeness (QED) is 0.764. The van der Waals surface area contributed by atoms with Gasteiger partial charge >= 0.3 is 0 Å². The van der Waals surface area contributed by atoms with Gasteiger partial charge in [0, 0.05) is 19.8 Å². The minimum absolute atomic E-state index is 0.206. The van der Waals surface area contributed by atoms with E-state index >= 15 is 0 Å². The van der Waals surface area contributed by atoms with Gasteiger partial charge in [-0.05, 0) is 31.2 Å². The lowest BCUT2D eigenvalue weighted by Gasteiger charge is -2.26. The highest BCUT2D eigenvalue weighted by molar-refractivity contribution is 5.23. The summed E-state index contributed by atoms with van der Waals surface area (Å²) in [5.74, 6) is -0.968. The van der Waals surface area contributed by atoms with Crippen LogP contribution in [0.1, 0.15) is 24.9 Å². The highest BCUT2D eigenvalue weighted by Crippen LogP contribution is 2.23. The highest BCUT2D eigenvalue weighted by Gasteiger charge is 2.25. The van der Waals surface area contributed by atoms with Crippen LogP contribution in [0.5, 0.6) is 0 Å². The Morgan fingerprint density at radius 2 is 1.89 bits per heavy atom. The Morgan fingerprint density at radius 1 is 1.22 bits per heavy atom. The van der Waals surface area contributed by atoms with Crippen molar-refractivity contribution < 1.29 is 18.3 Å². The van der Waals surface area contributed by atoms with E-state index in [1.54, 1.807) is 0 Å². The van der Waals surface area contributed by atoms with E-state index in [0.717, 1.165) is 24.6 Å². The summed E-state index contributed by atoms with van der Waals surface area (Å²) in [6.07, 6.45) is 0.195. The van der Waals surface area contributed by atoms with Crippen LogP contribution in [0.2, 0.25) is 0 Å². The summed E-state index contributed by atoms with van der Waals surface area (Å²) in [7, 11) is 2.93. The second-order valence-electron chi connectivity index (χ2n) is 3.94. The fourth-order valence-corrected chi connectivity index (χ4v) is 1.77. The molecule has 18 heavy (non-hydrogen) atoms. The van der Waals surface area contributed by atoms with Gasteiger partial charge in [0.2, 0.25) is 0 Å². The molecule has 5 heteroatoms. The van der Waals surface area contributed by atoms with Crippen molar-refractivity contribution in [3.63, 3.8) is 0 Å². The maximum absolute atomic E-state index is 13.8. The molecule has 1 aromatic carbocycles. The molecule has 1 unspecified atom stereocenters. The maximum atomic E-state index is 13.8. The molecule has 0 heterocycles. The molecule has 3 nitrogen and oxygen atoms in total. The third-order valence-corrected chi connectivity index (χ3v) is 2.64. The number of nitrogens with one attached hydrogen (secondary N) is 1. The van der Waals surface area contributed by atoms with Crippen LogP contribution in [0.4, 0.5) is 8.78 Å². The zero-order valence-corrected chi connectivity index (χ0v) is 10.9. The third-order valence-electron chi connectivity index (χ3n) is 2.64. The molecule has 0 fully saturated rings. The molecule has 102 valence electrons. The molecule has 0 aliphatic heterocycles. The molecule has 0 spiro atoms. The van der Waals surface area contributed by atoms with Gasteiger partial charge in [0.25, 0.3) is 0 Å². The molecular formula is C13H19F2NO2. The summed E-state index contributed by atoms with van der Waals surface area (Å²) < 4.78 is 37.3. The Bertz CT molecular complexity index is 370. The molecular weight excluding hydrogens is 240 g/mol. The van der Waals surface area contributed by atoms with Gasteiger partial charge in [-0.2, -0.15) is 0 Å². The Balaban J connectivity index is 3.03. The monoisotopic (exact) mass is 259 g/mol. The van der Waals surface area contributed by atoms with E-state index in [1.165, 1.54) is 14.2 Å². The van der Waals surface area contributed by atoms with E-state index < -0.39 is 24.0 Å². The number of methoxy groups -OCH3 is 2. The molecule has 1 atom stereocenters. The summed E-state index contributed by atoms with van der Waals surface area (Å²) >= 11 is 0. The van der Waals surface area contributed by atoms with Gasteiger partial charge in [0.1, 0.15) is 11.6 Å². The SMILES string of the molecule is CCCNC(c1cc(F)ccc1F)C(OC)OC. The first-order valence-corrected chi connectivity index (χ1v) is 5.88. The summed E-state index contributed by atoms with van der Waals surface area (Å²) in [5.41, 5.74) is 0.206. The van der Waals surface area contributed by atoms with Gasteiger partial charge in [-0.15, -0.1) is 0 Å². The standard InChI is InChI=1S/C13H19F2NO2/c1-4-7-16-12(13(17-2)18-3)10-8-9(14)5-6-11(10)15/h5-6,8,12-13,16H,4,7H2,1-3H3. The first-order chi connectivity index (χ1) is 8.63. The normalized spacial score (nSPS) is 13.0. The van der Waals surface area contributed by atoms with Crippen LogP contribution < -0.4 is 5.32 Å². The van der Waals surface area contributed by atoms with Gasteiger partial charge in [0.05, 0.1) is 6.04 Å². The van der Waals surface area contributed by atoms with Crippen molar-refractivity contribution in [2.24, 2.45) is 0 Å². The average Bonchev–Trinajstić information content (AvgIpc) is 2.38. The lowest BCUT2D eigenvalue weighted by atomic mass is 10.1. The van der Waals surface area contributed by atoms with E-state index in [1.807, 2.05) is 6.92 Å². The summed E-state index contributed by atoms with van der Waals surface area (Å²) in [5, 5.41) is 3.10. The van der Waals surface area contributed by atoms with Crippen molar-refractivity contribution in [3.8, 4) is 0 Å². The topological polar surface area (TPSA) is 30.5 Å². The van der Waals surface area contributed by atoms with Gasteiger partial charge < -0.3 is 14.8 Å². The second kappa shape index (κ2) is 7.41. The smallest absolute Gasteiger partial charge is 0.176 e. The van der Waals surface area contributed by atoms with Gasteiger partial charge in [-0.1, -0.05) is 6.92 Å². The van der Waals surface area contributed by atoms with Gasteiger partial charge in [-0.3, -0.25) is 0 Å². The van der Waals surface area contributed by atoms with Crippen LogP contribution in [-0.2, 0) is 9.47 Å². The van der Waals surface area contributed by atoms with Gasteiger partial charge in [0.15, 0.2) is 6.29 Å². The lowest BCUT2D eigenvalue weighted by molar-refractivity contribution is -0.124. The van der Waals surface area contributed by atoms with E-state index in [0.29, 0.717) is 6.54 Å². The van der Waals surface area contributed by atoms with E-state index in [2.05, 4.69) is 5.32 Å². The van der Waals surface area contributed by atoms with Crippen molar-refractivity contribution in [1.82, 2.24) is 5.32 Å². The number of halogens is 2. The molecule has 0 amide bonds. The molecule has 1 rings (SSSR count). The van der Waals surface area contributed by atoms with Crippen LogP contribution in [0.25, 0.3) is 0 Å². The Kier molecular flexibility index (Phi) is 6.18. The van der Waals surface area contributed by atoms with Crippen LogP contribution in [0.3, 0.4) is 0 Å². The molecule has 0 saturated heterocycles. The second-order valence-corrected chi connectivity index (χ2v) is 3.94. The fraction of sp³-hybridized carbons (Fsp3) is 0.538. The maximum Gasteiger partial charge on any atom is 0.176 e. The van der Waals surface area contributed by atoms with Crippen molar-refractivity contribution in [3.05, 3.63) is 35.4 Å². The van der Waals surface area contributed by atoms with Crippen molar-refractivity contribution in [1.29, 1.82) is 0 Å². The number of benzene rings is 1. The van der Waals surface area contributed by atoms with Crippen LogP contribution in [0, 0.1) is 11.6 Å². The number of rotatable bonds is 7. The number of ether oxygens (including phenoxy) is 2. The molecule has 0 saturated carbocycles. The fourth-order valence-electron chi connectivity index (χ4n) is 1.77. The minimum atomic E-state index is -0.673. The molecule has 0 aliphatic rings. The summed E-state index contributed by atoms with van der Waals surface area (Å²) in [4.78, 5) is 0. The Morgan fingerprint density at radius 3 is 2.44 bits per heavy atom. The third kappa shape index (κ3) is 3.73. The van der Waals surface area contributed by atoms with Crippen molar-refractivity contribution in [2.45, 2.75) is 25.7 Å². The van der Waals surface area contributed by atoms with Gasteiger partial charge in [-0.25, -0.2) is 8.78 Å². The predicted octanol–water partition coefficient (Wildman–Crippen LogP) is 2.62. The Hall–Kier alpha value is -1.04. The summed E-state index contributed by atoms with van der Waals surface area (Å²) in [6.45, 7) is 2.64. The van der Waals surface area contributed by atoms with E-state index in [4.69, 9.17) is 9.47 Å². The average molecular weight is 259 g/mol. The largest absolute Gasteiger partial charge is 0.354 e. The van der Waals surface area contributed by atoms with Crippen molar-refractivity contribution >= 4 is 0 Å². The number of hydrogen-bond acceptors (Lipinski definition) is 3. The van der Waals surface area contributed by atoms with E-state index in [-0.39, 0.29) is 5.56 Å². The molecule has 1 aromatic rings. The van der Waals surface area contributed by atoms with Crippen LogP contribution in [0.15, 0.2) is 18.2 Å². The van der Waals surface area contributed by atoms with Crippen LogP contribution >= 0.6 is 0 Å². The van der Waals surface area contributed by atoms with Crippen molar-refractivity contribution in [2.75, 3.05) is 20.8 Å². The number of hydrogen-bond donors (Lipinski definition) is 1. The first kappa shape index (κ1) is 15.0. The highest BCUT2D eigenvalue weighted by atomic mass is 19.1. The minimum Gasteiger partial charge on any atom is -0.354 e. The predicted molar refractivity (Wildman–Crippen MR) is 65.2 cm³/mol. The van der Waals surface area contributed by atoms with E-state index in [9.17, 15) is 8.78 Å². The zero-order chi connectivity index (χ0) is 13.5. The molecule has 0 aromatic heterocycles. The molecule has 1 N–H and O–H groups in total. The molecule has 0 bridgehead atoms. The molecule has 0 radical (unpaired) electrons. The summed E-state index contributed by atoms with van der Waals surface area (Å²) in [6, 6.07) is 2.81. The lowest BCUT2D eigenvalue weighted by Crippen LogP contribution is -2.35. The zero-order valence-electron chi connectivity index (χ0n) is 10.9. The van der Waals surface area contributed by atoms with Crippen LogP contribution in [-0.4, -0.2) is 27.1 Å². The first-order valence-electron chi connectivity index (χ1n) is 5.88. The Labute approximate surface area is 106 Å². The molecule has 0 aliphatic carbocycles.